The molecule has 11 heteroatoms. The molecule has 1 unspecified atom stereocenters. The Morgan fingerprint density at radius 1 is 1.30 bits per heavy atom. The monoisotopic (exact) mass is 453 g/mol. The van der Waals surface area contributed by atoms with Crippen LogP contribution in [-0.2, 0) is 26.3 Å². The van der Waals surface area contributed by atoms with Gasteiger partial charge in [-0.1, -0.05) is 32.9 Å². The first-order valence-electron chi connectivity index (χ1n) is 9.19. The van der Waals surface area contributed by atoms with E-state index >= 15 is 0 Å². The third kappa shape index (κ3) is 6.08. The van der Waals surface area contributed by atoms with Gasteiger partial charge >= 0.3 is 10.3 Å². The molecule has 0 saturated carbocycles. The highest BCUT2D eigenvalue weighted by Crippen LogP contribution is 2.27. The topological polar surface area (TPSA) is 138 Å². The summed E-state index contributed by atoms with van der Waals surface area (Å²) in [6, 6.07) is 5.91. The van der Waals surface area contributed by atoms with Crippen LogP contribution in [0.5, 0.6) is 0 Å². The quantitative estimate of drug-likeness (QED) is 0.317. The number of nitrogens with zero attached hydrogens (tertiary/aromatic N) is 1. The van der Waals surface area contributed by atoms with Crippen molar-refractivity contribution in [2.24, 2.45) is 5.41 Å². The average molecular weight is 454 g/mol. The summed E-state index contributed by atoms with van der Waals surface area (Å²) in [5, 5.41) is 5.24. The number of anilines is 1. The van der Waals surface area contributed by atoms with E-state index in [1.807, 2.05) is 4.72 Å². The molecule has 9 nitrogen and oxygen atoms in total. The molecular weight excluding hydrogens is 430 g/mol. The Bertz CT molecular complexity index is 1040. The van der Waals surface area contributed by atoms with Gasteiger partial charge < -0.3 is 10.1 Å². The summed E-state index contributed by atoms with van der Waals surface area (Å²) in [5.41, 5.74) is 0.728. The number of thiazole rings is 1. The van der Waals surface area contributed by atoms with E-state index in [0.717, 1.165) is 5.56 Å². The lowest BCUT2D eigenvalue weighted by atomic mass is 9.94. The van der Waals surface area contributed by atoms with Crippen molar-refractivity contribution in [1.29, 1.82) is 0 Å². The maximum atomic E-state index is 12.6. The summed E-state index contributed by atoms with van der Waals surface area (Å²) in [5.74, 6) is -0.329. The Kier molecular flexibility index (Phi) is 6.27. The molecule has 1 fully saturated rings. The fourth-order valence-corrected chi connectivity index (χ4v) is 3.89. The normalized spacial score (nSPS) is 17.3. The second-order valence-electron chi connectivity index (χ2n) is 8.01. The van der Waals surface area contributed by atoms with E-state index in [1.165, 1.54) is 23.5 Å². The number of ketones is 1. The van der Waals surface area contributed by atoms with Gasteiger partial charge in [0.25, 0.3) is 0 Å². The molecule has 162 valence electrons. The van der Waals surface area contributed by atoms with Gasteiger partial charge in [-0.15, -0.1) is 11.3 Å². The number of nitrogens with one attached hydrogen (secondary N) is 2. The van der Waals surface area contributed by atoms with E-state index < -0.39 is 27.9 Å². The van der Waals surface area contributed by atoms with Crippen LogP contribution in [-0.4, -0.2) is 42.4 Å². The number of hydrogen-bond acceptors (Lipinski definition) is 7. The SMILES string of the molecule is CC(C)(C)C(=O)N[C@@H](Cc1ccc(NS(=O)(=O)O)cc1)c1nc(C(=O)C2CO2)cs1. The van der Waals surface area contributed by atoms with Gasteiger partial charge in [-0.25, -0.2) is 4.98 Å². The van der Waals surface area contributed by atoms with E-state index in [4.69, 9.17) is 9.29 Å². The van der Waals surface area contributed by atoms with Crippen molar-refractivity contribution < 1.29 is 27.3 Å². The Morgan fingerprint density at radius 3 is 2.47 bits per heavy atom. The van der Waals surface area contributed by atoms with Crippen LogP contribution in [0.2, 0.25) is 0 Å². The highest BCUT2D eigenvalue weighted by molar-refractivity contribution is 7.87. The Hall–Kier alpha value is -2.34. The van der Waals surface area contributed by atoms with Crippen molar-refractivity contribution in [3.63, 3.8) is 0 Å². The predicted octanol–water partition coefficient (Wildman–Crippen LogP) is 2.39. The van der Waals surface area contributed by atoms with Crippen LogP contribution >= 0.6 is 11.3 Å². The molecule has 3 rings (SSSR count). The summed E-state index contributed by atoms with van der Waals surface area (Å²) in [4.78, 5) is 29.2. The van der Waals surface area contributed by atoms with Crippen LogP contribution in [0.1, 0.15) is 47.9 Å². The molecule has 1 aromatic heterocycles. The molecular formula is C19H23N3O6S2. The first-order valence-corrected chi connectivity index (χ1v) is 11.5. The number of amides is 1. The number of carbonyl (C=O) groups excluding carboxylic acids is 2. The van der Waals surface area contributed by atoms with Gasteiger partial charge in [0.05, 0.1) is 18.3 Å². The number of aromatic nitrogens is 1. The van der Waals surface area contributed by atoms with Gasteiger partial charge in [0.15, 0.2) is 0 Å². The van der Waals surface area contributed by atoms with E-state index in [-0.39, 0.29) is 17.4 Å². The van der Waals surface area contributed by atoms with Gasteiger partial charge in [0, 0.05) is 10.8 Å². The number of Topliss-reactive ketones (excluding diaryl/α,β-unsaturated/α-hetero) is 1. The van der Waals surface area contributed by atoms with E-state index in [0.29, 0.717) is 23.7 Å². The molecule has 0 spiro atoms. The van der Waals surface area contributed by atoms with E-state index in [1.54, 1.807) is 38.3 Å². The third-order valence-electron chi connectivity index (χ3n) is 4.33. The minimum absolute atomic E-state index is 0.161. The van der Waals surface area contributed by atoms with Crippen LogP contribution in [0.15, 0.2) is 29.6 Å². The van der Waals surface area contributed by atoms with Gasteiger partial charge in [0.2, 0.25) is 11.7 Å². The molecule has 1 aliphatic rings. The number of hydrogen-bond donors (Lipinski definition) is 3. The Balaban J connectivity index is 1.81. The maximum Gasteiger partial charge on any atom is 0.357 e. The summed E-state index contributed by atoms with van der Waals surface area (Å²) in [6.07, 6.45) is -0.0416. The van der Waals surface area contributed by atoms with Crippen molar-refractivity contribution in [3.8, 4) is 0 Å². The number of benzene rings is 1. The molecule has 2 aromatic rings. The molecule has 0 aliphatic carbocycles. The zero-order chi connectivity index (χ0) is 22.1. The minimum Gasteiger partial charge on any atom is -0.364 e. The lowest BCUT2D eigenvalue weighted by molar-refractivity contribution is -0.129. The summed E-state index contributed by atoms with van der Waals surface area (Å²) >= 11 is 1.29. The predicted molar refractivity (Wildman–Crippen MR) is 112 cm³/mol. The molecule has 1 aliphatic heterocycles. The van der Waals surface area contributed by atoms with Gasteiger partial charge in [-0.05, 0) is 24.1 Å². The highest BCUT2D eigenvalue weighted by atomic mass is 32.2. The maximum absolute atomic E-state index is 12.6. The standard InChI is InChI=1S/C19H23N3O6S2/c1-19(2,3)18(24)21-13(17-20-14(10-29-17)16(23)15-9-28-15)8-11-4-6-12(7-5-11)22-30(25,26)27/h4-7,10,13,15,22H,8-9H2,1-3H3,(H,21,24)(H,25,26,27)/t13-,15?/m0/s1. The molecule has 3 N–H and O–H groups in total. The summed E-state index contributed by atoms with van der Waals surface area (Å²) < 4.78 is 37.7. The highest BCUT2D eigenvalue weighted by Gasteiger charge is 2.34. The van der Waals surface area contributed by atoms with Crippen molar-refractivity contribution in [2.45, 2.75) is 39.3 Å². The fourth-order valence-electron chi connectivity index (χ4n) is 2.59. The van der Waals surface area contributed by atoms with Crippen molar-refractivity contribution >= 4 is 39.0 Å². The number of ether oxygens (including phenoxy) is 1. The minimum atomic E-state index is -4.35. The molecule has 1 aromatic carbocycles. The largest absolute Gasteiger partial charge is 0.364 e. The first-order chi connectivity index (χ1) is 13.9. The Labute approximate surface area is 178 Å². The number of rotatable bonds is 8. The molecule has 30 heavy (non-hydrogen) atoms. The third-order valence-corrected chi connectivity index (χ3v) is 5.78. The fraction of sp³-hybridized carbons (Fsp3) is 0.421. The number of epoxide rings is 1. The Morgan fingerprint density at radius 2 is 1.93 bits per heavy atom. The lowest BCUT2D eigenvalue weighted by Crippen LogP contribution is -2.38. The van der Waals surface area contributed by atoms with E-state index in [2.05, 4.69) is 10.3 Å². The second-order valence-corrected chi connectivity index (χ2v) is 10.1. The van der Waals surface area contributed by atoms with Crippen molar-refractivity contribution in [2.75, 3.05) is 11.3 Å². The zero-order valence-corrected chi connectivity index (χ0v) is 18.3. The van der Waals surface area contributed by atoms with Crippen LogP contribution in [0.3, 0.4) is 0 Å². The zero-order valence-electron chi connectivity index (χ0n) is 16.7. The summed E-state index contributed by atoms with van der Waals surface area (Å²) in [7, 11) is -4.35. The first kappa shape index (κ1) is 22.3. The summed E-state index contributed by atoms with van der Waals surface area (Å²) in [6.45, 7) is 5.81. The lowest BCUT2D eigenvalue weighted by Gasteiger charge is -2.23. The second kappa shape index (κ2) is 8.42. The van der Waals surface area contributed by atoms with Crippen LogP contribution in [0, 0.1) is 5.41 Å². The number of carbonyl (C=O) groups is 2. The molecule has 0 radical (unpaired) electrons. The van der Waals surface area contributed by atoms with Gasteiger partial charge in [-0.3, -0.25) is 18.9 Å². The van der Waals surface area contributed by atoms with E-state index in [9.17, 15) is 18.0 Å². The molecule has 2 atom stereocenters. The van der Waals surface area contributed by atoms with Crippen LogP contribution < -0.4 is 10.0 Å². The van der Waals surface area contributed by atoms with Gasteiger partial charge in [-0.2, -0.15) is 8.42 Å². The van der Waals surface area contributed by atoms with Crippen molar-refractivity contribution in [1.82, 2.24) is 10.3 Å². The molecule has 1 saturated heterocycles. The molecule has 0 bridgehead atoms. The van der Waals surface area contributed by atoms with Crippen LogP contribution in [0.25, 0.3) is 0 Å². The smallest absolute Gasteiger partial charge is 0.357 e. The molecule has 2 heterocycles. The van der Waals surface area contributed by atoms with Crippen molar-refractivity contribution in [3.05, 3.63) is 45.9 Å². The average Bonchev–Trinajstić information content (AvgIpc) is 3.36. The van der Waals surface area contributed by atoms with Gasteiger partial charge in [0.1, 0.15) is 16.8 Å². The molecule has 1 amide bonds. The van der Waals surface area contributed by atoms with Crippen LogP contribution in [0.4, 0.5) is 5.69 Å².